The third kappa shape index (κ3) is 5.58. The summed E-state index contributed by atoms with van der Waals surface area (Å²) in [6, 6.07) is 17.4. The number of methoxy groups -OCH3 is 2. The first-order chi connectivity index (χ1) is 15.5. The second-order valence-corrected chi connectivity index (χ2v) is 7.47. The molecule has 0 saturated heterocycles. The van der Waals surface area contributed by atoms with Gasteiger partial charge < -0.3 is 19.2 Å². The van der Waals surface area contributed by atoms with Gasteiger partial charge in [0.2, 0.25) is 0 Å². The number of carbonyl (C=O) groups is 2. The molecule has 0 saturated carbocycles. The van der Waals surface area contributed by atoms with E-state index in [-0.39, 0.29) is 11.9 Å². The van der Waals surface area contributed by atoms with Crippen LogP contribution < -0.4 is 10.1 Å². The molecule has 1 amide bonds. The Hall–Kier alpha value is -3.54. The van der Waals surface area contributed by atoms with Crippen LogP contribution in [0.5, 0.6) is 5.75 Å². The van der Waals surface area contributed by atoms with Crippen molar-refractivity contribution in [2.45, 2.75) is 32.6 Å². The summed E-state index contributed by atoms with van der Waals surface area (Å²) in [7, 11) is 3.01. The van der Waals surface area contributed by atoms with Gasteiger partial charge in [-0.25, -0.2) is 0 Å². The number of hydrogen-bond donors (Lipinski definition) is 1. The SMILES string of the molecule is COC(=O)CCCCCNC(=O)c1c(C)oc(-c2ccccc2)c1-c1ccc(OC)cc1. The molecule has 0 spiro atoms. The monoisotopic (exact) mass is 435 g/mol. The lowest BCUT2D eigenvalue weighted by atomic mass is 9.96. The predicted octanol–water partition coefficient (Wildman–Crippen LogP) is 5.39. The number of nitrogens with one attached hydrogen (secondary N) is 1. The number of unbranched alkanes of at least 4 members (excludes halogenated alkanes) is 2. The van der Waals surface area contributed by atoms with Gasteiger partial charge in [0.15, 0.2) is 0 Å². The average molecular weight is 436 g/mol. The maximum absolute atomic E-state index is 13.1. The minimum atomic E-state index is -0.208. The normalized spacial score (nSPS) is 10.6. The van der Waals surface area contributed by atoms with Gasteiger partial charge in [-0.15, -0.1) is 0 Å². The minimum Gasteiger partial charge on any atom is -0.497 e. The van der Waals surface area contributed by atoms with E-state index in [9.17, 15) is 9.59 Å². The van der Waals surface area contributed by atoms with Gasteiger partial charge in [0, 0.05) is 24.1 Å². The lowest BCUT2D eigenvalue weighted by Gasteiger charge is -2.09. The van der Waals surface area contributed by atoms with Crippen molar-refractivity contribution < 1.29 is 23.5 Å². The van der Waals surface area contributed by atoms with Gasteiger partial charge in [-0.1, -0.05) is 48.9 Å². The number of benzene rings is 2. The first-order valence-electron chi connectivity index (χ1n) is 10.7. The quantitative estimate of drug-likeness (QED) is 0.341. The highest BCUT2D eigenvalue weighted by atomic mass is 16.5. The zero-order valence-electron chi connectivity index (χ0n) is 18.8. The van der Waals surface area contributed by atoms with Crippen LogP contribution in [0.3, 0.4) is 0 Å². The van der Waals surface area contributed by atoms with Crippen molar-refractivity contribution in [2.75, 3.05) is 20.8 Å². The molecule has 0 atom stereocenters. The molecule has 1 N–H and O–H groups in total. The Bertz CT molecular complexity index is 1040. The van der Waals surface area contributed by atoms with E-state index < -0.39 is 0 Å². The Morgan fingerprint density at radius 2 is 1.62 bits per heavy atom. The van der Waals surface area contributed by atoms with Gasteiger partial charge in [-0.05, 0) is 37.5 Å². The molecule has 0 aliphatic rings. The first-order valence-corrected chi connectivity index (χ1v) is 10.7. The van der Waals surface area contributed by atoms with Gasteiger partial charge in [0.05, 0.1) is 19.8 Å². The Morgan fingerprint density at radius 1 is 0.906 bits per heavy atom. The van der Waals surface area contributed by atoms with Crippen LogP contribution in [0.15, 0.2) is 59.0 Å². The van der Waals surface area contributed by atoms with Crippen molar-refractivity contribution in [3.05, 3.63) is 65.9 Å². The van der Waals surface area contributed by atoms with Gasteiger partial charge >= 0.3 is 5.97 Å². The van der Waals surface area contributed by atoms with Crippen LogP contribution in [0.2, 0.25) is 0 Å². The maximum Gasteiger partial charge on any atom is 0.305 e. The van der Waals surface area contributed by atoms with Crippen molar-refractivity contribution in [1.82, 2.24) is 5.32 Å². The Morgan fingerprint density at radius 3 is 2.28 bits per heavy atom. The molecule has 1 heterocycles. The molecule has 2 aromatic carbocycles. The van der Waals surface area contributed by atoms with Crippen LogP contribution in [0.1, 0.15) is 41.8 Å². The summed E-state index contributed by atoms with van der Waals surface area (Å²) >= 11 is 0. The molecule has 0 aliphatic carbocycles. The van der Waals surface area contributed by atoms with Gasteiger partial charge in [0.1, 0.15) is 17.3 Å². The zero-order chi connectivity index (χ0) is 22.9. The van der Waals surface area contributed by atoms with E-state index in [0.29, 0.717) is 30.0 Å². The summed E-state index contributed by atoms with van der Waals surface area (Å²) in [4.78, 5) is 24.3. The van der Waals surface area contributed by atoms with E-state index in [0.717, 1.165) is 41.7 Å². The summed E-state index contributed by atoms with van der Waals surface area (Å²) in [5.74, 6) is 1.59. The highest BCUT2D eigenvalue weighted by molar-refractivity contribution is 6.05. The summed E-state index contributed by atoms with van der Waals surface area (Å²) in [6.45, 7) is 2.33. The molecule has 32 heavy (non-hydrogen) atoms. The molecule has 168 valence electrons. The van der Waals surface area contributed by atoms with Crippen LogP contribution in [0.4, 0.5) is 0 Å². The molecule has 0 radical (unpaired) electrons. The van der Waals surface area contributed by atoms with Crippen LogP contribution >= 0.6 is 0 Å². The van der Waals surface area contributed by atoms with E-state index in [1.807, 2.05) is 61.5 Å². The van der Waals surface area contributed by atoms with Crippen molar-refractivity contribution >= 4 is 11.9 Å². The minimum absolute atomic E-state index is 0.174. The summed E-state index contributed by atoms with van der Waals surface area (Å²) < 4.78 is 16.0. The Labute approximate surface area is 188 Å². The maximum atomic E-state index is 13.1. The topological polar surface area (TPSA) is 77.8 Å². The van der Waals surface area contributed by atoms with Crippen LogP contribution in [0.25, 0.3) is 22.5 Å². The third-order valence-corrected chi connectivity index (χ3v) is 5.30. The summed E-state index contributed by atoms with van der Waals surface area (Å²) in [6.07, 6.45) is 2.75. The van der Waals surface area contributed by atoms with E-state index in [2.05, 4.69) is 10.1 Å². The molecule has 6 nitrogen and oxygen atoms in total. The number of hydrogen-bond acceptors (Lipinski definition) is 5. The number of rotatable bonds is 10. The number of carbonyl (C=O) groups excluding carboxylic acids is 2. The van der Waals surface area contributed by atoms with E-state index in [1.165, 1.54) is 7.11 Å². The van der Waals surface area contributed by atoms with Crippen LogP contribution in [-0.4, -0.2) is 32.6 Å². The summed E-state index contributed by atoms with van der Waals surface area (Å²) in [5.41, 5.74) is 3.08. The second kappa shape index (κ2) is 11.2. The van der Waals surface area contributed by atoms with Crippen LogP contribution in [-0.2, 0) is 9.53 Å². The van der Waals surface area contributed by atoms with Crippen molar-refractivity contribution in [3.8, 4) is 28.2 Å². The van der Waals surface area contributed by atoms with Crippen molar-refractivity contribution in [2.24, 2.45) is 0 Å². The molecule has 0 unspecified atom stereocenters. The van der Waals surface area contributed by atoms with Gasteiger partial charge in [-0.2, -0.15) is 0 Å². The standard InChI is InChI=1S/C26H29NO5/c1-18-23(26(29)27-17-9-5-8-12-22(28)31-3)24(19-13-15-21(30-2)16-14-19)25(32-18)20-10-6-4-7-11-20/h4,6-7,10-11,13-16H,5,8-9,12,17H2,1-3H3,(H,27,29). The molecule has 0 aliphatic heterocycles. The highest BCUT2D eigenvalue weighted by Gasteiger charge is 2.25. The molecular weight excluding hydrogens is 406 g/mol. The molecule has 0 fully saturated rings. The fourth-order valence-corrected chi connectivity index (χ4v) is 3.61. The fourth-order valence-electron chi connectivity index (χ4n) is 3.61. The van der Waals surface area contributed by atoms with E-state index in [1.54, 1.807) is 7.11 Å². The van der Waals surface area contributed by atoms with Gasteiger partial charge in [0.25, 0.3) is 5.91 Å². The largest absolute Gasteiger partial charge is 0.497 e. The predicted molar refractivity (Wildman–Crippen MR) is 124 cm³/mol. The molecule has 3 aromatic rings. The highest BCUT2D eigenvalue weighted by Crippen LogP contribution is 2.39. The Balaban J connectivity index is 1.82. The molecule has 1 aromatic heterocycles. The van der Waals surface area contributed by atoms with Crippen molar-refractivity contribution in [3.63, 3.8) is 0 Å². The van der Waals surface area contributed by atoms with Crippen molar-refractivity contribution in [1.29, 1.82) is 0 Å². The van der Waals surface area contributed by atoms with Gasteiger partial charge in [-0.3, -0.25) is 9.59 Å². The number of ether oxygens (including phenoxy) is 2. The molecule has 6 heteroatoms. The lowest BCUT2D eigenvalue weighted by Crippen LogP contribution is -2.25. The smallest absolute Gasteiger partial charge is 0.305 e. The fraction of sp³-hybridized carbons (Fsp3) is 0.308. The van der Waals surface area contributed by atoms with Crippen LogP contribution in [0, 0.1) is 6.92 Å². The molecule has 0 bridgehead atoms. The first kappa shape index (κ1) is 23.1. The second-order valence-electron chi connectivity index (χ2n) is 7.47. The van der Waals surface area contributed by atoms with E-state index >= 15 is 0 Å². The number of aryl methyl sites for hydroxylation is 1. The molecular formula is C26H29NO5. The molecule has 3 rings (SSSR count). The van der Waals surface area contributed by atoms with E-state index in [4.69, 9.17) is 9.15 Å². The lowest BCUT2D eigenvalue weighted by molar-refractivity contribution is -0.140. The number of furan rings is 1. The summed E-state index contributed by atoms with van der Waals surface area (Å²) in [5, 5.41) is 3.00. The third-order valence-electron chi connectivity index (χ3n) is 5.30. The zero-order valence-corrected chi connectivity index (χ0v) is 18.8. The Kier molecular flexibility index (Phi) is 8.08. The number of esters is 1. The number of amides is 1. The average Bonchev–Trinajstić information content (AvgIpc) is 3.18.